The van der Waals surface area contributed by atoms with Gasteiger partial charge in [0.2, 0.25) is 5.91 Å². The van der Waals surface area contributed by atoms with Crippen LogP contribution in [0.15, 0.2) is 30.3 Å². The van der Waals surface area contributed by atoms with Gasteiger partial charge in [0.25, 0.3) is 0 Å². The molecule has 1 aliphatic heterocycles. The average molecular weight is 290 g/mol. The molecule has 5 nitrogen and oxygen atoms in total. The zero-order valence-corrected chi connectivity index (χ0v) is 12.5. The Morgan fingerprint density at radius 1 is 1.05 bits per heavy atom. The van der Waals surface area contributed by atoms with Gasteiger partial charge in [0.1, 0.15) is 5.75 Å². The maximum Gasteiger partial charge on any atom is 0.415 e. The van der Waals surface area contributed by atoms with Gasteiger partial charge in [-0.25, -0.2) is 4.79 Å². The summed E-state index contributed by atoms with van der Waals surface area (Å²) in [4.78, 5) is 27.6. The van der Waals surface area contributed by atoms with Gasteiger partial charge in [0.05, 0.1) is 0 Å². The van der Waals surface area contributed by atoms with E-state index in [0.29, 0.717) is 38.3 Å². The van der Waals surface area contributed by atoms with Gasteiger partial charge in [0, 0.05) is 32.6 Å². The standard InChI is InChI=1S/C16H22N2O3/c1-2-7-15(19)17-10-6-11-18(13-12-17)16(20)21-14-8-4-3-5-9-14/h3-5,8-9H,2,6-7,10-13H2,1H3. The van der Waals surface area contributed by atoms with Gasteiger partial charge in [-0.2, -0.15) is 0 Å². The zero-order valence-electron chi connectivity index (χ0n) is 12.5. The van der Waals surface area contributed by atoms with Crippen LogP contribution >= 0.6 is 0 Å². The minimum Gasteiger partial charge on any atom is -0.410 e. The molecule has 1 fully saturated rings. The van der Waals surface area contributed by atoms with Crippen LogP contribution < -0.4 is 4.74 Å². The largest absolute Gasteiger partial charge is 0.415 e. The van der Waals surface area contributed by atoms with Gasteiger partial charge in [-0.15, -0.1) is 0 Å². The van der Waals surface area contributed by atoms with Crippen molar-refractivity contribution < 1.29 is 14.3 Å². The number of carbonyl (C=O) groups excluding carboxylic acids is 2. The molecule has 1 saturated heterocycles. The van der Waals surface area contributed by atoms with Crippen LogP contribution in [0.2, 0.25) is 0 Å². The van der Waals surface area contributed by atoms with Crippen molar-refractivity contribution in [1.29, 1.82) is 0 Å². The SMILES string of the molecule is CCCC(=O)N1CCCN(C(=O)Oc2ccccc2)CC1. The fraction of sp³-hybridized carbons (Fsp3) is 0.500. The molecule has 1 aromatic carbocycles. The van der Waals surface area contributed by atoms with Crippen LogP contribution in [0.4, 0.5) is 4.79 Å². The molecule has 21 heavy (non-hydrogen) atoms. The molecule has 1 aliphatic rings. The molecule has 0 atom stereocenters. The molecule has 0 aliphatic carbocycles. The lowest BCUT2D eigenvalue weighted by molar-refractivity contribution is -0.131. The number of benzene rings is 1. The van der Waals surface area contributed by atoms with Crippen molar-refractivity contribution in [3.05, 3.63) is 30.3 Å². The highest BCUT2D eigenvalue weighted by molar-refractivity contribution is 5.76. The monoisotopic (exact) mass is 290 g/mol. The molecule has 0 radical (unpaired) electrons. The van der Waals surface area contributed by atoms with E-state index in [1.54, 1.807) is 17.0 Å². The summed E-state index contributed by atoms with van der Waals surface area (Å²) in [7, 11) is 0. The normalized spacial score (nSPS) is 15.5. The van der Waals surface area contributed by atoms with Crippen LogP contribution in [-0.4, -0.2) is 48.0 Å². The van der Waals surface area contributed by atoms with Crippen molar-refractivity contribution in [2.24, 2.45) is 0 Å². The van der Waals surface area contributed by atoms with Gasteiger partial charge in [-0.1, -0.05) is 25.1 Å². The second kappa shape index (κ2) is 7.67. The lowest BCUT2D eigenvalue weighted by Gasteiger charge is -2.21. The van der Waals surface area contributed by atoms with E-state index in [1.165, 1.54) is 0 Å². The summed E-state index contributed by atoms with van der Waals surface area (Å²) in [6, 6.07) is 9.05. The van der Waals surface area contributed by atoms with Crippen LogP contribution in [0.5, 0.6) is 5.75 Å². The molecule has 1 heterocycles. The first-order chi connectivity index (χ1) is 10.2. The smallest absolute Gasteiger partial charge is 0.410 e. The van der Waals surface area contributed by atoms with Gasteiger partial charge in [0.15, 0.2) is 0 Å². The molecule has 0 aromatic heterocycles. The third-order valence-electron chi connectivity index (χ3n) is 3.52. The third kappa shape index (κ3) is 4.48. The van der Waals surface area contributed by atoms with Crippen LogP contribution in [-0.2, 0) is 4.79 Å². The zero-order chi connectivity index (χ0) is 15.1. The van der Waals surface area contributed by atoms with Crippen LogP contribution in [0.1, 0.15) is 26.2 Å². The first kappa shape index (κ1) is 15.4. The fourth-order valence-electron chi connectivity index (χ4n) is 2.38. The molecule has 5 heteroatoms. The lowest BCUT2D eigenvalue weighted by Crippen LogP contribution is -2.38. The second-order valence-corrected chi connectivity index (χ2v) is 5.15. The van der Waals surface area contributed by atoms with Gasteiger partial charge >= 0.3 is 6.09 Å². The minimum absolute atomic E-state index is 0.177. The van der Waals surface area contributed by atoms with Crippen molar-refractivity contribution in [2.45, 2.75) is 26.2 Å². The molecule has 0 spiro atoms. The van der Waals surface area contributed by atoms with Crippen molar-refractivity contribution >= 4 is 12.0 Å². The summed E-state index contributed by atoms with van der Waals surface area (Å²) in [5.41, 5.74) is 0. The quantitative estimate of drug-likeness (QED) is 0.859. The van der Waals surface area contributed by atoms with E-state index < -0.39 is 0 Å². The van der Waals surface area contributed by atoms with Crippen molar-refractivity contribution in [1.82, 2.24) is 9.80 Å². The number of hydrogen-bond acceptors (Lipinski definition) is 3. The predicted octanol–water partition coefficient (Wildman–Crippen LogP) is 2.52. The van der Waals surface area contributed by atoms with Crippen molar-refractivity contribution in [3.63, 3.8) is 0 Å². The Bertz CT molecular complexity index is 476. The number of nitrogens with zero attached hydrogens (tertiary/aromatic N) is 2. The van der Waals surface area contributed by atoms with Crippen LogP contribution in [0.25, 0.3) is 0 Å². The molecule has 0 saturated carbocycles. The molecular formula is C16H22N2O3. The first-order valence-corrected chi connectivity index (χ1v) is 7.50. The Morgan fingerprint density at radius 3 is 2.43 bits per heavy atom. The van der Waals surface area contributed by atoms with E-state index >= 15 is 0 Å². The van der Waals surface area contributed by atoms with Crippen molar-refractivity contribution in [3.8, 4) is 5.75 Å². The summed E-state index contributed by atoms with van der Waals surface area (Å²) in [6.45, 7) is 4.46. The Hall–Kier alpha value is -2.04. The van der Waals surface area contributed by atoms with E-state index in [0.717, 1.165) is 12.8 Å². The Morgan fingerprint density at radius 2 is 1.71 bits per heavy atom. The summed E-state index contributed by atoms with van der Waals surface area (Å²) >= 11 is 0. The van der Waals surface area contributed by atoms with Crippen molar-refractivity contribution in [2.75, 3.05) is 26.2 Å². The molecule has 2 rings (SSSR count). The second-order valence-electron chi connectivity index (χ2n) is 5.15. The Balaban J connectivity index is 1.87. The van der Waals surface area contributed by atoms with E-state index in [1.807, 2.05) is 30.0 Å². The van der Waals surface area contributed by atoms with E-state index in [4.69, 9.17) is 4.74 Å². The molecular weight excluding hydrogens is 268 g/mol. The van der Waals surface area contributed by atoms with Gasteiger partial charge in [-0.05, 0) is 25.0 Å². The third-order valence-corrected chi connectivity index (χ3v) is 3.52. The summed E-state index contributed by atoms with van der Waals surface area (Å²) in [5, 5.41) is 0. The van der Waals surface area contributed by atoms with Crippen LogP contribution in [0, 0.1) is 0 Å². The molecule has 1 aromatic rings. The summed E-state index contributed by atoms with van der Waals surface area (Å²) < 4.78 is 5.34. The summed E-state index contributed by atoms with van der Waals surface area (Å²) in [6.07, 6.45) is 1.88. The fourth-order valence-corrected chi connectivity index (χ4v) is 2.38. The maximum absolute atomic E-state index is 12.1. The number of carbonyl (C=O) groups is 2. The number of hydrogen-bond donors (Lipinski definition) is 0. The number of rotatable bonds is 3. The maximum atomic E-state index is 12.1. The van der Waals surface area contributed by atoms with E-state index in [2.05, 4.69) is 0 Å². The first-order valence-electron chi connectivity index (χ1n) is 7.50. The Kier molecular flexibility index (Phi) is 5.60. The number of amides is 2. The number of ether oxygens (including phenoxy) is 1. The lowest BCUT2D eigenvalue weighted by atomic mass is 10.3. The van der Waals surface area contributed by atoms with E-state index in [9.17, 15) is 9.59 Å². The molecule has 0 N–H and O–H groups in total. The minimum atomic E-state index is -0.342. The predicted molar refractivity (Wildman–Crippen MR) is 80.1 cm³/mol. The van der Waals surface area contributed by atoms with Crippen LogP contribution in [0.3, 0.4) is 0 Å². The highest BCUT2D eigenvalue weighted by Crippen LogP contribution is 2.12. The Labute approximate surface area is 125 Å². The molecule has 0 unspecified atom stereocenters. The number of para-hydroxylation sites is 1. The highest BCUT2D eigenvalue weighted by atomic mass is 16.6. The molecule has 2 amide bonds. The average Bonchev–Trinajstić information content (AvgIpc) is 2.74. The van der Waals surface area contributed by atoms with E-state index in [-0.39, 0.29) is 12.0 Å². The molecule has 114 valence electrons. The van der Waals surface area contributed by atoms with Gasteiger partial charge < -0.3 is 14.5 Å². The highest BCUT2D eigenvalue weighted by Gasteiger charge is 2.22. The topological polar surface area (TPSA) is 49.9 Å². The molecule has 0 bridgehead atoms. The van der Waals surface area contributed by atoms with Gasteiger partial charge in [-0.3, -0.25) is 4.79 Å². The summed E-state index contributed by atoms with van der Waals surface area (Å²) in [5.74, 6) is 0.724.